The predicted octanol–water partition coefficient (Wildman–Crippen LogP) is 0.820. The summed E-state index contributed by atoms with van der Waals surface area (Å²) in [5, 5.41) is 15.9. The van der Waals surface area contributed by atoms with Gasteiger partial charge in [-0.3, -0.25) is 25.0 Å². The van der Waals surface area contributed by atoms with E-state index in [1.54, 1.807) is 6.07 Å². The number of hydrogen-bond acceptors (Lipinski definition) is 6. The topological polar surface area (TPSA) is 111 Å². The quantitative estimate of drug-likeness (QED) is 0.479. The van der Waals surface area contributed by atoms with E-state index < -0.39 is 16.9 Å². The molecule has 2 N–H and O–H groups in total. The molecule has 2 amide bonds. The van der Waals surface area contributed by atoms with E-state index in [9.17, 15) is 19.7 Å². The second-order valence-corrected chi connectivity index (χ2v) is 4.32. The molecule has 1 fully saturated rings. The van der Waals surface area contributed by atoms with E-state index in [0.29, 0.717) is 17.9 Å². The molecule has 0 aromatic heterocycles. The van der Waals surface area contributed by atoms with Crippen molar-refractivity contribution in [3.05, 3.63) is 28.3 Å². The van der Waals surface area contributed by atoms with Gasteiger partial charge >= 0.3 is 0 Å². The number of nitrogens with zero attached hydrogens (tertiary/aromatic N) is 1. The van der Waals surface area contributed by atoms with Gasteiger partial charge in [0.1, 0.15) is 11.8 Å². The second-order valence-electron chi connectivity index (χ2n) is 4.32. The number of ether oxygens (including phenoxy) is 1. The average molecular weight is 279 g/mol. The van der Waals surface area contributed by atoms with Crippen LogP contribution in [0.3, 0.4) is 0 Å². The Balaban J connectivity index is 2.20. The van der Waals surface area contributed by atoms with Crippen LogP contribution in [-0.2, 0) is 9.59 Å². The van der Waals surface area contributed by atoms with Crippen LogP contribution in [0, 0.1) is 10.1 Å². The molecule has 0 saturated carbocycles. The summed E-state index contributed by atoms with van der Waals surface area (Å²) in [6.45, 7) is 0. The van der Waals surface area contributed by atoms with Crippen molar-refractivity contribution in [2.75, 3.05) is 12.4 Å². The van der Waals surface area contributed by atoms with Gasteiger partial charge < -0.3 is 10.1 Å². The van der Waals surface area contributed by atoms with E-state index in [0.717, 1.165) is 0 Å². The maximum absolute atomic E-state index is 11.6. The molecule has 8 heteroatoms. The van der Waals surface area contributed by atoms with Gasteiger partial charge in [-0.2, -0.15) is 0 Å². The molecule has 0 spiro atoms. The van der Waals surface area contributed by atoms with Crippen LogP contribution in [0.5, 0.6) is 5.75 Å². The first kappa shape index (κ1) is 13.8. The van der Waals surface area contributed by atoms with E-state index in [-0.39, 0.29) is 18.0 Å². The molecule has 1 aromatic carbocycles. The monoisotopic (exact) mass is 279 g/mol. The molecule has 1 heterocycles. The van der Waals surface area contributed by atoms with E-state index in [1.165, 1.54) is 19.2 Å². The molecule has 8 nitrogen and oxygen atoms in total. The normalized spacial score (nSPS) is 18.4. The standard InChI is InChI=1S/C12H13N3O5/c1-20-9-5-7(4-8(6-9)15(18)19)13-10-2-3-11(16)14-12(10)17/h4-6,10,13H,2-3H2,1H3,(H,14,16,17). The number of hydrogen-bond donors (Lipinski definition) is 2. The Labute approximate surface area is 114 Å². The molecule has 1 atom stereocenters. The van der Waals surface area contributed by atoms with E-state index in [4.69, 9.17) is 4.74 Å². The number of imide groups is 1. The van der Waals surface area contributed by atoms with E-state index in [1.807, 2.05) is 0 Å². The first-order valence-corrected chi connectivity index (χ1v) is 5.93. The predicted molar refractivity (Wildman–Crippen MR) is 69.4 cm³/mol. The molecule has 1 aliphatic heterocycles. The summed E-state index contributed by atoms with van der Waals surface area (Å²) < 4.78 is 4.98. The third-order valence-corrected chi connectivity index (χ3v) is 2.92. The van der Waals surface area contributed by atoms with Gasteiger partial charge in [0, 0.05) is 24.2 Å². The van der Waals surface area contributed by atoms with Crippen molar-refractivity contribution in [1.82, 2.24) is 5.32 Å². The first-order valence-electron chi connectivity index (χ1n) is 5.93. The van der Waals surface area contributed by atoms with E-state index in [2.05, 4.69) is 10.6 Å². The zero-order chi connectivity index (χ0) is 14.7. The fraction of sp³-hybridized carbons (Fsp3) is 0.333. The first-order chi connectivity index (χ1) is 9.49. The largest absolute Gasteiger partial charge is 0.496 e. The molecule has 0 bridgehead atoms. The third kappa shape index (κ3) is 3.02. The number of nitro benzene ring substituents is 1. The van der Waals surface area contributed by atoms with Gasteiger partial charge in [-0.25, -0.2) is 0 Å². The van der Waals surface area contributed by atoms with Crippen LogP contribution in [0.15, 0.2) is 18.2 Å². The Hall–Kier alpha value is -2.64. The summed E-state index contributed by atoms with van der Waals surface area (Å²) >= 11 is 0. The van der Waals surface area contributed by atoms with Gasteiger partial charge in [0.25, 0.3) is 5.69 Å². The van der Waals surface area contributed by atoms with Gasteiger partial charge in [-0.15, -0.1) is 0 Å². The van der Waals surface area contributed by atoms with Crippen LogP contribution in [0.2, 0.25) is 0 Å². The molecule has 0 aliphatic carbocycles. The maximum atomic E-state index is 11.6. The Morgan fingerprint density at radius 1 is 1.40 bits per heavy atom. The number of carbonyl (C=O) groups is 2. The van der Waals surface area contributed by atoms with Gasteiger partial charge in [0.05, 0.1) is 18.1 Å². The molecule has 1 saturated heterocycles. The lowest BCUT2D eigenvalue weighted by atomic mass is 10.1. The number of anilines is 1. The summed E-state index contributed by atoms with van der Waals surface area (Å²) in [6.07, 6.45) is 0.575. The van der Waals surface area contributed by atoms with Crippen molar-refractivity contribution < 1.29 is 19.2 Å². The van der Waals surface area contributed by atoms with Crippen LogP contribution in [0.4, 0.5) is 11.4 Å². The van der Waals surface area contributed by atoms with Gasteiger partial charge in [-0.1, -0.05) is 0 Å². The van der Waals surface area contributed by atoms with Crippen molar-refractivity contribution >= 4 is 23.2 Å². The Morgan fingerprint density at radius 2 is 2.15 bits per heavy atom. The lowest BCUT2D eigenvalue weighted by Gasteiger charge is -2.22. The molecule has 106 valence electrons. The SMILES string of the molecule is COc1cc(NC2CCC(=O)NC2=O)cc([N+](=O)[O-])c1. The van der Waals surface area contributed by atoms with Crippen molar-refractivity contribution in [2.24, 2.45) is 0 Å². The number of non-ortho nitro benzene ring substituents is 1. The second kappa shape index (κ2) is 5.55. The Morgan fingerprint density at radius 3 is 2.75 bits per heavy atom. The molecule has 2 rings (SSSR count). The fourth-order valence-corrected chi connectivity index (χ4v) is 1.92. The number of nitrogens with one attached hydrogen (secondary N) is 2. The summed E-state index contributed by atoms with van der Waals surface area (Å²) in [5.74, 6) is -0.439. The number of nitro groups is 1. The molecular formula is C12H13N3O5. The van der Waals surface area contributed by atoms with Crippen LogP contribution >= 0.6 is 0 Å². The minimum Gasteiger partial charge on any atom is -0.496 e. The molecule has 1 aliphatic rings. The molecule has 1 aromatic rings. The van der Waals surface area contributed by atoms with Gasteiger partial charge in [0.15, 0.2) is 0 Å². The lowest BCUT2D eigenvalue weighted by Crippen LogP contribution is -2.47. The van der Waals surface area contributed by atoms with Crippen LogP contribution in [-0.4, -0.2) is 29.9 Å². The van der Waals surface area contributed by atoms with Crippen molar-refractivity contribution in [3.8, 4) is 5.75 Å². The fourth-order valence-electron chi connectivity index (χ4n) is 1.92. The number of benzene rings is 1. The number of rotatable bonds is 4. The zero-order valence-corrected chi connectivity index (χ0v) is 10.7. The molecular weight excluding hydrogens is 266 g/mol. The van der Waals surface area contributed by atoms with Crippen LogP contribution in [0.1, 0.15) is 12.8 Å². The minimum absolute atomic E-state index is 0.140. The van der Waals surface area contributed by atoms with E-state index >= 15 is 0 Å². The number of methoxy groups -OCH3 is 1. The van der Waals surface area contributed by atoms with Gasteiger partial charge in [0.2, 0.25) is 11.8 Å². The highest BCUT2D eigenvalue weighted by Crippen LogP contribution is 2.26. The highest BCUT2D eigenvalue weighted by molar-refractivity contribution is 6.01. The molecule has 0 radical (unpaired) electrons. The maximum Gasteiger partial charge on any atom is 0.275 e. The highest BCUT2D eigenvalue weighted by Gasteiger charge is 2.26. The number of carbonyl (C=O) groups excluding carboxylic acids is 2. The summed E-state index contributed by atoms with van der Waals surface area (Å²) in [5.41, 5.74) is 0.254. The molecule has 20 heavy (non-hydrogen) atoms. The van der Waals surface area contributed by atoms with Crippen molar-refractivity contribution in [2.45, 2.75) is 18.9 Å². The van der Waals surface area contributed by atoms with Crippen molar-refractivity contribution in [3.63, 3.8) is 0 Å². The Kier molecular flexibility index (Phi) is 3.83. The van der Waals surface area contributed by atoms with Crippen LogP contribution in [0.25, 0.3) is 0 Å². The summed E-state index contributed by atoms with van der Waals surface area (Å²) in [7, 11) is 1.40. The van der Waals surface area contributed by atoms with Gasteiger partial charge in [-0.05, 0) is 6.42 Å². The zero-order valence-electron chi connectivity index (χ0n) is 10.7. The highest BCUT2D eigenvalue weighted by atomic mass is 16.6. The lowest BCUT2D eigenvalue weighted by molar-refractivity contribution is -0.384. The van der Waals surface area contributed by atoms with Crippen LogP contribution < -0.4 is 15.4 Å². The number of piperidine rings is 1. The smallest absolute Gasteiger partial charge is 0.275 e. The Bertz CT molecular complexity index is 572. The minimum atomic E-state index is -0.598. The van der Waals surface area contributed by atoms with Crippen molar-refractivity contribution in [1.29, 1.82) is 0 Å². The third-order valence-electron chi connectivity index (χ3n) is 2.92. The molecule has 1 unspecified atom stereocenters. The summed E-state index contributed by atoms with van der Waals surface area (Å²) in [6, 6.07) is 3.55. The summed E-state index contributed by atoms with van der Waals surface area (Å²) in [4.78, 5) is 32.9. The number of amides is 2. The average Bonchev–Trinajstić information content (AvgIpc) is 2.41.